The van der Waals surface area contributed by atoms with Crippen molar-refractivity contribution in [1.29, 1.82) is 0 Å². The molecule has 4 heteroatoms. The first-order valence-electron chi connectivity index (χ1n) is 7.27. The van der Waals surface area contributed by atoms with Crippen molar-refractivity contribution in [2.24, 2.45) is 0 Å². The van der Waals surface area contributed by atoms with E-state index in [0.29, 0.717) is 6.04 Å². The van der Waals surface area contributed by atoms with E-state index in [9.17, 15) is 0 Å². The predicted molar refractivity (Wildman–Crippen MR) is 81.7 cm³/mol. The third-order valence-electron chi connectivity index (χ3n) is 3.67. The molecular weight excluding hydrogens is 256 g/mol. The van der Waals surface area contributed by atoms with Crippen molar-refractivity contribution < 1.29 is 4.74 Å². The first-order valence-corrected chi connectivity index (χ1v) is 8.22. The van der Waals surface area contributed by atoms with Gasteiger partial charge in [0, 0.05) is 38.9 Å². The molecule has 0 aliphatic heterocycles. The Morgan fingerprint density at radius 2 is 2.37 bits per heavy atom. The molecule has 1 saturated carbocycles. The highest BCUT2D eigenvalue weighted by Crippen LogP contribution is 2.30. The van der Waals surface area contributed by atoms with Gasteiger partial charge in [-0.15, -0.1) is 0 Å². The topological polar surface area (TPSA) is 24.5 Å². The summed E-state index contributed by atoms with van der Waals surface area (Å²) in [6.07, 6.45) is 3.84. The lowest BCUT2D eigenvalue weighted by Crippen LogP contribution is -2.41. The van der Waals surface area contributed by atoms with Crippen LogP contribution in [0.15, 0.2) is 16.8 Å². The van der Waals surface area contributed by atoms with Crippen molar-refractivity contribution in [2.45, 2.75) is 44.8 Å². The molecule has 0 aromatic carbocycles. The molecule has 1 aliphatic carbocycles. The smallest absolute Gasteiger partial charge is 0.0474 e. The van der Waals surface area contributed by atoms with Gasteiger partial charge < -0.3 is 10.1 Å². The van der Waals surface area contributed by atoms with Crippen molar-refractivity contribution in [1.82, 2.24) is 10.2 Å². The van der Waals surface area contributed by atoms with Crippen LogP contribution in [0.2, 0.25) is 0 Å². The zero-order valence-electron chi connectivity index (χ0n) is 12.1. The first-order chi connectivity index (χ1) is 9.31. The Bertz CT molecular complexity index is 338. The lowest BCUT2D eigenvalue weighted by molar-refractivity contribution is 0.178. The van der Waals surface area contributed by atoms with Crippen LogP contribution in [0, 0.1) is 0 Å². The van der Waals surface area contributed by atoms with Crippen LogP contribution in [0.5, 0.6) is 0 Å². The molecule has 0 bridgehead atoms. The summed E-state index contributed by atoms with van der Waals surface area (Å²) in [6.45, 7) is 6.42. The van der Waals surface area contributed by atoms with Crippen LogP contribution < -0.4 is 5.32 Å². The number of ether oxygens (including phenoxy) is 1. The Balaban J connectivity index is 1.72. The van der Waals surface area contributed by atoms with Crippen LogP contribution in [0.3, 0.4) is 0 Å². The fourth-order valence-electron chi connectivity index (χ4n) is 2.41. The van der Waals surface area contributed by atoms with Crippen LogP contribution in [0.1, 0.15) is 31.7 Å². The van der Waals surface area contributed by atoms with Crippen molar-refractivity contribution in [3.63, 3.8) is 0 Å². The van der Waals surface area contributed by atoms with Crippen molar-refractivity contribution in [2.75, 3.05) is 26.8 Å². The number of methoxy groups -OCH3 is 1. The summed E-state index contributed by atoms with van der Waals surface area (Å²) in [5, 5.41) is 7.99. The largest absolute Gasteiger partial charge is 0.385 e. The number of nitrogens with zero attached hydrogens (tertiary/aromatic N) is 1. The minimum atomic E-state index is 0.606. The second-order valence-corrected chi connectivity index (χ2v) is 6.21. The Kier molecular flexibility index (Phi) is 6.31. The number of hydrogen-bond donors (Lipinski definition) is 1. The molecule has 0 saturated heterocycles. The van der Waals surface area contributed by atoms with E-state index in [0.717, 1.165) is 38.7 Å². The van der Waals surface area contributed by atoms with Crippen molar-refractivity contribution in [3.8, 4) is 0 Å². The van der Waals surface area contributed by atoms with Crippen LogP contribution >= 0.6 is 11.3 Å². The number of rotatable bonds is 10. The van der Waals surface area contributed by atoms with E-state index < -0.39 is 0 Å². The Morgan fingerprint density at radius 1 is 1.53 bits per heavy atom. The summed E-state index contributed by atoms with van der Waals surface area (Å²) < 4.78 is 5.07. The van der Waals surface area contributed by atoms with Crippen LogP contribution in [0.25, 0.3) is 0 Å². The average Bonchev–Trinajstić information content (AvgIpc) is 3.12. The summed E-state index contributed by atoms with van der Waals surface area (Å²) in [6, 6.07) is 3.67. The summed E-state index contributed by atoms with van der Waals surface area (Å²) in [7, 11) is 1.76. The monoisotopic (exact) mass is 282 g/mol. The minimum Gasteiger partial charge on any atom is -0.385 e. The van der Waals surface area contributed by atoms with Gasteiger partial charge in [0.25, 0.3) is 0 Å². The van der Waals surface area contributed by atoms with Crippen molar-refractivity contribution in [3.05, 3.63) is 22.4 Å². The second-order valence-electron chi connectivity index (χ2n) is 5.43. The molecule has 1 fully saturated rings. The van der Waals surface area contributed by atoms with Gasteiger partial charge in [-0.1, -0.05) is 0 Å². The van der Waals surface area contributed by atoms with Gasteiger partial charge >= 0.3 is 0 Å². The molecule has 1 heterocycles. The standard InChI is InChI=1S/C15H26N2OS/c1-13(10-16-7-3-8-18-2)17(15-4-5-15)11-14-6-9-19-12-14/h6,9,12-13,15-16H,3-5,7-8,10-11H2,1-2H3. The summed E-state index contributed by atoms with van der Waals surface area (Å²) in [4.78, 5) is 2.66. The Hall–Kier alpha value is -0.420. The average molecular weight is 282 g/mol. The molecule has 1 N–H and O–H groups in total. The highest BCUT2D eigenvalue weighted by atomic mass is 32.1. The van der Waals surface area contributed by atoms with E-state index in [2.05, 4.69) is 34.0 Å². The molecule has 0 radical (unpaired) electrons. The molecule has 1 unspecified atom stereocenters. The maximum atomic E-state index is 5.07. The summed E-state index contributed by atoms with van der Waals surface area (Å²) in [5.74, 6) is 0. The maximum absolute atomic E-state index is 5.07. The van der Waals surface area contributed by atoms with E-state index in [1.54, 1.807) is 18.4 Å². The van der Waals surface area contributed by atoms with Gasteiger partial charge in [-0.05, 0) is 55.1 Å². The normalized spacial score (nSPS) is 17.0. The van der Waals surface area contributed by atoms with E-state index in [4.69, 9.17) is 4.74 Å². The number of hydrogen-bond acceptors (Lipinski definition) is 4. The number of thiophene rings is 1. The highest BCUT2D eigenvalue weighted by molar-refractivity contribution is 7.07. The molecular formula is C15H26N2OS. The second kappa shape index (κ2) is 8.00. The molecule has 1 aromatic heterocycles. The van der Waals surface area contributed by atoms with E-state index in [1.165, 1.54) is 18.4 Å². The number of nitrogens with one attached hydrogen (secondary N) is 1. The van der Waals surface area contributed by atoms with Gasteiger partial charge in [0.05, 0.1) is 0 Å². The molecule has 3 nitrogen and oxygen atoms in total. The third-order valence-corrected chi connectivity index (χ3v) is 4.40. The quantitative estimate of drug-likeness (QED) is 0.668. The van der Waals surface area contributed by atoms with Crippen LogP contribution in [0.4, 0.5) is 0 Å². The summed E-state index contributed by atoms with van der Waals surface area (Å²) in [5.41, 5.74) is 1.46. The maximum Gasteiger partial charge on any atom is 0.0474 e. The zero-order chi connectivity index (χ0) is 13.5. The zero-order valence-corrected chi connectivity index (χ0v) is 12.9. The molecule has 108 valence electrons. The molecule has 1 aliphatic rings. The fourth-order valence-corrected chi connectivity index (χ4v) is 3.07. The van der Waals surface area contributed by atoms with Gasteiger partial charge in [0.15, 0.2) is 0 Å². The molecule has 1 atom stereocenters. The molecule has 2 rings (SSSR count). The van der Waals surface area contributed by atoms with Gasteiger partial charge in [-0.3, -0.25) is 4.90 Å². The van der Waals surface area contributed by atoms with E-state index >= 15 is 0 Å². The third kappa shape index (κ3) is 5.22. The fraction of sp³-hybridized carbons (Fsp3) is 0.733. The van der Waals surface area contributed by atoms with Gasteiger partial charge in [-0.25, -0.2) is 0 Å². The SMILES string of the molecule is COCCCNCC(C)N(Cc1ccsc1)C1CC1. The first kappa shape index (κ1) is 15.0. The highest BCUT2D eigenvalue weighted by Gasteiger charge is 2.31. The van der Waals surface area contributed by atoms with Gasteiger partial charge in [-0.2, -0.15) is 11.3 Å². The summed E-state index contributed by atoms with van der Waals surface area (Å²) >= 11 is 1.80. The molecule has 1 aromatic rings. The van der Waals surface area contributed by atoms with Gasteiger partial charge in [0.2, 0.25) is 0 Å². The minimum absolute atomic E-state index is 0.606. The van der Waals surface area contributed by atoms with Gasteiger partial charge in [0.1, 0.15) is 0 Å². The lowest BCUT2D eigenvalue weighted by Gasteiger charge is -2.29. The lowest BCUT2D eigenvalue weighted by atomic mass is 10.2. The van der Waals surface area contributed by atoms with Crippen LogP contribution in [-0.2, 0) is 11.3 Å². The van der Waals surface area contributed by atoms with E-state index in [-0.39, 0.29) is 0 Å². The molecule has 19 heavy (non-hydrogen) atoms. The van der Waals surface area contributed by atoms with E-state index in [1.807, 2.05) is 0 Å². The Morgan fingerprint density at radius 3 is 3.00 bits per heavy atom. The predicted octanol–water partition coefficient (Wildman–Crippen LogP) is 2.73. The molecule has 0 spiro atoms. The van der Waals surface area contributed by atoms with Crippen molar-refractivity contribution >= 4 is 11.3 Å². The molecule has 0 amide bonds. The van der Waals surface area contributed by atoms with Crippen LogP contribution in [-0.4, -0.2) is 43.8 Å². The Labute approximate surface area is 121 Å².